The van der Waals surface area contributed by atoms with Gasteiger partial charge in [-0.05, 0) is 19.1 Å². The molecule has 0 aromatic carbocycles. The number of aryl methyl sites for hydroxylation is 1. The predicted octanol–water partition coefficient (Wildman–Crippen LogP) is 1.74. The SMILES string of the molecule is Cc1ccc(C=C2SC(=S)N(CO)C2=O)o1. The molecule has 2 rings (SSSR count). The quantitative estimate of drug-likeness (QED) is 0.644. The first-order valence-electron chi connectivity index (χ1n) is 4.54. The molecule has 0 saturated carbocycles. The second-order valence-corrected chi connectivity index (χ2v) is 4.88. The fourth-order valence-corrected chi connectivity index (χ4v) is 2.50. The summed E-state index contributed by atoms with van der Waals surface area (Å²) in [6, 6.07) is 3.60. The van der Waals surface area contributed by atoms with Gasteiger partial charge in [-0.2, -0.15) is 0 Å². The summed E-state index contributed by atoms with van der Waals surface area (Å²) in [6.45, 7) is 1.44. The monoisotopic (exact) mass is 255 g/mol. The predicted molar refractivity (Wildman–Crippen MR) is 65.5 cm³/mol. The Morgan fingerprint density at radius 3 is 2.88 bits per heavy atom. The number of carbonyl (C=O) groups excluding carboxylic acids is 1. The lowest BCUT2D eigenvalue weighted by Gasteiger charge is -2.08. The lowest BCUT2D eigenvalue weighted by molar-refractivity contribution is -0.124. The van der Waals surface area contributed by atoms with E-state index in [0.29, 0.717) is 15.0 Å². The van der Waals surface area contributed by atoms with Crippen molar-refractivity contribution in [2.24, 2.45) is 0 Å². The zero-order valence-corrected chi connectivity index (χ0v) is 10.1. The van der Waals surface area contributed by atoms with Crippen LogP contribution in [0.4, 0.5) is 0 Å². The van der Waals surface area contributed by atoms with Gasteiger partial charge in [0.1, 0.15) is 22.6 Å². The molecule has 1 amide bonds. The van der Waals surface area contributed by atoms with Gasteiger partial charge in [0.25, 0.3) is 5.91 Å². The average Bonchev–Trinajstić information content (AvgIpc) is 2.74. The van der Waals surface area contributed by atoms with Gasteiger partial charge in [-0.3, -0.25) is 9.69 Å². The maximum absolute atomic E-state index is 11.7. The summed E-state index contributed by atoms with van der Waals surface area (Å²) >= 11 is 6.11. The van der Waals surface area contributed by atoms with E-state index < -0.39 is 0 Å². The van der Waals surface area contributed by atoms with Gasteiger partial charge in [-0.1, -0.05) is 24.0 Å². The molecule has 6 heteroatoms. The molecule has 1 aromatic heterocycles. The van der Waals surface area contributed by atoms with Crippen LogP contribution >= 0.6 is 24.0 Å². The molecule has 16 heavy (non-hydrogen) atoms. The van der Waals surface area contributed by atoms with E-state index in [1.807, 2.05) is 13.0 Å². The Kier molecular flexibility index (Phi) is 3.13. The summed E-state index contributed by atoms with van der Waals surface area (Å²) in [5, 5.41) is 8.95. The third-order valence-corrected chi connectivity index (χ3v) is 3.43. The summed E-state index contributed by atoms with van der Waals surface area (Å²) < 4.78 is 5.69. The van der Waals surface area contributed by atoms with Crippen LogP contribution in [-0.4, -0.2) is 27.0 Å². The minimum atomic E-state index is -0.390. The molecule has 0 atom stereocenters. The van der Waals surface area contributed by atoms with Gasteiger partial charge in [0.05, 0.1) is 4.91 Å². The van der Waals surface area contributed by atoms with Gasteiger partial charge in [-0.15, -0.1) is 0 Å². The number of aliphatic hydroxyl groups is 1. The van der Waals surface area contributed by atoms with E-state index in [1.54, 1.807) is 12.1 Å². The van der Waals surface area contributed by atoms with E-state index in [9.17, 15) is 4.79 Å². The van der Waals surface area contributed by atoms with Gasteiger partial charge in [0.2, 0.25) is 0 Å². The van der Waals surface area contributed by atoms with Crippen molar-refractivity contribution in [1.82, 2.24) is 4.90 Å². The van der Waals surface area contributed by atoms with Crippen LogP contribution in [-0.2, 0) is 4.79 Å². The van der Waals surface area contributed by atoms with Crippen LogP contribution in [0.5, 0.6) is 0 Å². The molecule has 0 aliphatic carbocycles. The molecule has 1 fully saturated rings. The zero-order valence-electron chi connectivity index (χ0n) is 8.47. The van der Waals surface area contributed by atoms with Crippen molar-refractivity contribution in [2.75, 3.05) is 6.73 Å². The number of amides is 1. The number of hydrogen-bond donors (Lipinski definition) is 1. The molecule has 1 aliphatic heterocycles. The molecule has 1 aliphatic rings. The van der Waals surface area contributed by atoms with Gasteiger partial charge >= 0.3 is 0 Å². The fraction of sp³-hybridized carbons (Fsp3) is 0.200. The third kappa shape index (κ3) is 2.04. The number of carbonyl (C=O) groups is 1. The molecule has 0 bridgehead atoms. The maximum atomic E-state index is 11.7. The minimum Gasteiger partial charge on any atom is -0.462 e. The van der Waals surface area contributed by atoms with Crippen LogP contribution in [0.25, 0.3) is 6.08 Å². The van der Waals surface area contributed by atoms with E-state index in [-0.39, 0.29) is 12.6 Å². The Hall–Kier alpha value is -1.11. The van der Waals surface area contributed by atoms with E-state index in [0.717, 1.165) is 22.4 Å². The second kappa shape index (κ2) is 4.40. The highest BCUT2D eigenvalue weighted by Crippen LogP contribution is 2.32. The van der Waals surface area contributed by atoms with Crippen molar-refractivity contribution in [3.63, 3.8) is 0 Å². The molecule has 0 radical (unpaired) electrons. The lowest BCUT2D eigenvalue weighted by Crippen LogP contribution is -2.28. The van der Waals surface area contributed by atoms with E-state index in [4.69, 9.17) is 21.7 Å². The number of nitrogens with zero attached hydrogens (tertiary/aromatic N) is 1. The fourth-order valence-electron chi connectivity index (χ4n) is 1.28. The maximum Gasteiger partial charge on any atom is 0.268 e. The average molecular weight is 255 g/mol. The van der Waals surface area contributed by atoms with Crippen molar-refractivity contribution < 1.29 is 14.3 Å². The first kappa shape index (κ1) is 11.4. The summed E-state index contributed by atoms with van der Waals surface area (Å²) in [5.41, 5.74) is 0. The number of furan rings is 1. The van der Waals surface area contributed by atoms with E-state index in [1.165, 1.54) is 0 Å². The zero-order chi connectivity index (χ0) is 11.7. The Morgan fingerprint density at radius 1 is 1.62 bits per heavy atom. The van der Waals surface area contributed by atoms with Crippen LogP contribution in [0.3, 0.4) is 0 Å². The highest BCUT2D eigenvalue weighted by atomic mass is 32.2. The summed E-state index contributed by atoms with van der Waals surface area (Å²) in [5.74, 6) is 1.10. The topological polar surface area (TPSA) is 53.7 Å². The second-order valence-electron chi connectivity index (χ2n) is 3.20. The number of rotatable bonds is 2. The summed E-state index contributed by atoms with van der Waals surface area (Å²) in [4.78, 5) is 13.3. The molecule has 1 aromatic rings. The standard InChI is InChI=1S/C10H9NO3S2/c1-6-2-3-7(14-6)4-8-9(13)11(5-12)10(15)16-8/h2-4,12H,5H2,1H3. The van der Waals surface area contributed by atoms with Crippen molar-refractivity contribution >= 4 is 40.3 Å². The molecule has 0 unspecified atom stereocenters. The molecule has 1 saturated heterocycles. The third-order valence-electron chi connectivity index (χ3n) is 2.05. The Balaban J connectivity index is 2.27. The summed E-state index contributed by atoms with van der Waals surface area (Å²) in [7, 11) is 0. The first-order chi connectivity index (χ1) is 7.61. The highest BCUT2D eigenvalue weighted by Gasteiger charge is 2.31. The Morgan fingerprint density at radius 2 is 2.38 bits per heavy atom. The molecular weight excluding hydrogens is 246 g/mol. The molecule has 84 valence electrons. The van der Waals surface area contributed by atoms with Gasteiger partial charge < -0.3 is 9.52 Å². The van der Waals surface area contributed by atoms with Crippen LogP contribution in [0.1, 0.15) is 11.5 Å². The molecular formula is C10H9NO3S2. The lowest BCUT2D eigenvalue weighted by atomic mass is 10.3. The van der Waals surface area contributed by atoms with E-state index >= 15 is 0 Å². The summed E-state index contributed by atoms with van der Waals surface area (Å²) in [6.07, 6.45) is 1.63. The molecule has 1 N–H and O–H groups in total. The van der Waals surface area contributed by atoms with Crippen molar-refractivity contribution in [1.29, 1.82) is 0 Å². The van der Waals surface area contributed by atoms with Crippen LogP contribution < -0.4 is 0 Å². The molecule has 0 spiro atoms. The number of hydrogen-bond acceptors (Lipinski definition) is 5. The van der Waals surface area contributed by atoms with Crippen LogP contribution in [0, 0.1) is 6.92 Å². The molecule has 2 heterocycles. The van der Waals surface area contributed by atoms with Crippen molar-refractivity contribution in [3.05, 3.63) is 28.6 Å². The van der Waals surface area contributed by atoms with Crippen LogP contribution in [0.15, 0.2) is 21.5 Å². The van der Waals surface area contributed by atoms with Gasteiger partial charge in [0, 0.05) is 6.08 Å². The van der Waals surface area contributed by atoms with Gasteiger partial charge in [-0.25, -0.2) is 0 Å². The molecule has 4 nitrogen and oxygen atoms in total. The normalized spacial score (nSPS) is 18.9. The van der Waals surface area contributed by atoms with Gasteiger partial charge in [0.15, 0.2) is 0 Å². The van der Waals surface area contributed by atoms with Crippen LogP contribution in [0.2, 0.25) is 0 Å². The Bertz CT molecular complexity index is 478. The van der Waals surface area contributed by atoms with E-state index in [2.05, 4.69) is 0 Å². The Labute approximate surface area is 102 Å². The number of thiocarbonyl (C=S) groups is 1. The first-order valence-corrected chi connectivity index (χ1v) is 5.77. The van der Waals surface area contributed by atoms with Crippen molar-refractivity contribution in [3.8, 4) is 0 Å². The number of aliphatic hydroxyl groups excluding tert-OH is 1. The minimum absolute atomic E-state index is 0.286. The highest BCUT2D eigenvalue weighted by molar-refractivity contribution is 8.26. The number of thioether (sulfide) groups is 1. The largest absolute Gasteiger partial charge is 0.462 e. The smallest absolute Gasteiger partial charge is 0.268 e. The van der Waals surface area contributed by atoms with Crippen molar-refractivity contribution in [2.45, 2.75) is 6.92 Å².